The minimum Gasteiger partial charge on any atom is -0.295 e. The average molecular weight is 442 g/mol. The van der Waals surface area contributed by atoms with E-state index in [2.05, 4.69) is 25.5 Å². The molecule has 0 spiro atoms. The predicted octanol–water partition coefficient (Wildman–Crippen LogP) is 4.78. The fourth-order valence-electron chi connectivity index (χ4n) is 1.94. The lowest BCUT2D eigenvalue weighted by Crippen LogP contribution is -2.15. The molecule has 0 aliphatic rings. The summed E-state index contributed by atoms with van der Waals surface area (Å²) in [6, 6.07) is 6.55. The third kappa shape index (κ3) is 5.38. The van der Waals surface area contributed by atoms with Crippen molar-refractivity contribution < 1.29 is 9.18 Å². The number of amides is 1. The topological polar surface area (TPSA) is 80.7 Å². The van der Waals surface area contributed by atoms with Gasteiger partial charge in [-0.2, -0.15) is 0 Å². The van der Waals surface area contributed by atoms with E-state index in [1.807, 2.05) is 6.92 Å². The number of halogens is 2. The summed E-state index contributed by atoms with van der Waals surface area (Å²) < 4.78 is 14.3. The van der Waals surface area contributed by atoms with Crippen LogP contribution in [0.2, 0.25) is 5.02 Å². The normalized spacial score (nSPS) is 10.8. The van der Waals surface area contributed by atoms with Crippen LogP contribution in [-0.2, 0) is 5.75 Å². The Kier molecular flexibility index (Phi) is 7.00. The smallest absolute Gasteiger partial charge is 0.277 e. The molecule has 0 aliphatic heterocycles. The van der Waals surface area contributed by atoms with Crippen LogP contribution < -0.4 is 5.32 Å². The number of nitrogens with one attached hydrogen (secondary N) is 1. The zero-order valence-electron chi connectivity index (χ0n) is 14.0. The molecule has 0 atom stereocenters. The number of anilines is 1. The minimum atomic E-state index is -0.484. The molecule has 0 unspecified atom stereocenters. The molecule has 1 N–H and O–H groups in total. The van der Waals surface area contributed by atoms with Gasteiger partial charge in [0.2, 0.25) is 5.13 Å². The first-order valence-electron chi connectivity index (χ1n) is 7.73. The van der Waals surface area contributed by atoms with Crippen molar-refractivity contribution in [3.05, 3.63) is 52.6 Å². The Balaban J connectivity index is 1.64. The molecule has 0 aliphatic carbocycles. The van der Waals surface area contributed by atoms with E-state index in [9.17, 15) is 9.18 Å². The van der Waals surface area contributed by atoms with Gasteiger partial charge in [-0.3, -0.25) is 10.1 Å². The Bertz CT molecular complexity index is 955. The third-order valence-electron chi connectivity index (χ3n) is 3.15. The first-order chi connectivity index (χ1) is 13.1. The number of thioether (sulfide) groups is 2. The van der Waals surface area contributed by atoms with Gasteiger partial charge in [-0.1, -0.05) is 71.6 Å². The van der Waals surface area contributed by atoms with Crippen molar-refractivity contribution in [1.82, 2.24) is 20.2 Å². The summed E-state index contributed by atoms with van der Waals surface area (Å²) in [5, 5.41) is 11.5. The first-order valence-corrected chi connectivity index (χ1v) is 10.9. The number of carbonyl (C=O) groups excluding carboxylic acids is 1. The fraction of sp³-hybridized carbons (Fsp3) is 0.188. The maximum absolute atomic E-state index is 13.7. The van der Waals surface area contributed by atoms with Gasteiger partial charge >= 0.3 is 0 Å². The van der Waals surface area contributed by atoms with Crippen molar-refractivity contribution in [2.24, 2.45) is 0 Å². The molecule has 0 radical (unpaired) electrons. The minimum absolute atomic E-state index is 0.0818. The lowest BCUT2D eigenvalue weighted by molar-refractivity contribution is 0.102. The Labute approximate surface area is 172 Å². The van der Waals surface area contributed by atoms with E-state index in [4.69, 9.17) is 11.6 Å². The zero-order valence-corrected chi connectivity index (χ0v) is 17.2. The summed E-state index contributed by atoms with van der Waals surface area (Å²) in [7, 11) is 0. The molecular formula is C16H13ClFN5OS3. The number of aromatic nitrogens is 4. The standard InChI is InChI=1S/C16H13ClFN5OS3/c1-2-25-14-19-7-10(17)12(20-14)13(24)21-15-22-23-16(27-15)26-8-9-5-3-4-6-11(9)18/h3-7H,2,8H2,1H3,(H,21,22,24). The maximum Gasteiger partial charge on any atom is 0.277 e. The lowest BCUT2D eigenvalue weighted by Gasteiger charge is -2.04. The molecule has 140 valence electrons. The molecule has 0 fully saturated rings. The monoisotopic (exact) mass is 441 g/mol. The van der Waals surface area contributed by atoms with E-state index >= 15 is 0 Å². The van der Waals surface area contributed by atoms with Crippen LogP contribution in [0.15, 0.2) is 40.0 Å². The SMILES string of the molecule is CCSc1ncc(Cl)c(C(=O)Nc2nnc(SCc3ccccc3F)s2)n1. The largest absolute Gasteiger partial charge is 0.295 e. The number of hydrogen-bond acceptors (Lipinski definition) is 8. The van der Waals surface area contributed by atoms with Gasteiger partial charge < -0.3 is 0 Å². The first kappa shape index (κ1) is 20.0. The van der Waals surface area contributed by atoms with Crippen LogP contribution in [0, 0.1) is 5.82 Å². The van der Waals surface area contributed by atoms with Crippen LogP contribution in [0.1, 0.15) is 23.0 Å². The summed E-state index contributed by atoms with van der Waals surface area (Å²) in [5.74, 6) is 0.455. The summed E-state index contributed by atoms with van der Waals surface area (Å²) in [4.78, 5) is 20.6. The molecule has 1 amide bonds. The Hall–Kier alpha value is -1.75. The van der Waals surface area contributed by atoms with Gasteiger partial charge in [-0.15, -0.1) is 10.2 Å². The quantitative estimate of drug-likeness (QED) is 0.321. The molecular weight excluding hydrogens is 429 g/mol. The molecule has 2 aromatic heterocycles. The Morgan fingerprint density at radius 1 is 1.30 bits per heavy atom. The van der Waals surface area contributed by atoms with Gasteiger partial charge in [0.25, 0.3) is 5.91 Å². The second-order valence-electron chi connectivity index (χ2n) is 4.99. The van der Waals surface area contributed by atoms with Gasteiger partial charge in [0, 0.05) is 5.75 Å². The van der Waals surface area contributed by atoms with Crippen molar-refractivity contribution in [2.45, 2.75) is 22.2 Å². The summed E-state index contributed by atoms with van der Waals surface area (Å²) in [6.45, 7) is 1.96. The van der Waals surface area contributed by atoms with E-state index in [0.717, 1.165) is 5.75 Å². The molecule has 1 aromatic carbocycles. The van der Waals surface area contributed by atoms with Crippen molar-refractivity contribution in [3.63, 3.8) is 0 Å². The molecule has 3 aromatic rings. The molecule has 0 saturated carbocycles. The highest BCUT2D eigenvalue weighted by atomic mass is 35.5. The van der Waals surface area contributed by atoms with Crippen LogP contribution in [0.25, 0.3) is 0 Å². The summed E-state index contributed by atoms with van der Waals surface area (Å²) in [5.41, 5.74) is 0.662. The highest BCUT2D eigenvalue weighted by molar-refractivity contribution is 8.00. The van der Waals surface area contributed by atoms with E-state index in [-0.39, 0.29) is 16.5 Å². The maximum atomic E-state index is 13.7. The highest BCUT2D eigenvalue weighted by Crippen LogP contribution is 2.29. The van der Waals surface area contributed by atoms with E-state index in [0.29, 0.717) is 25.9 Å². The number of nitrogens with zero attached hydrogens (tertiary/aromatic N) is 4. The van der Waals surface area contributed by atoms with Gasteiger partial charge in [-0.25, -0.2) is 14.4 Å². The average Bonchev–Trinajstić information content (AvgIpc) is 3.10. The molecule has 6 nitrogen and oxygen atoms in total. The van der Waals surface area contributed by atoms with Crippen molar-refractivity contribution in [1.29, 1.82) is 0 Å². The zero-order chi connectivity index (χ0) is 19.2. The fourth-order valence-corrected chi connectivity index (χ4v) is 4.39. The van der Waals surface area contributed by atoms with E-state index in [1.54, 1.807) is 18.2 Å². The summed E-state index contributed by atoms with van der Waals surface area (Å²) in [6.07, 6.45) is 1.40. The molecule has 3 rings (SSSR count). The van der Waals surface area contributed by atoms with Gasteiger partial charge in [0.1, 0.15) is 5.82 Å². The van der Waals surface area contributed by atoms with Crippen molar-refractivity contribution >= 4 is 57.5 Å². The Morgan fingerprint density at radius 2 is 2.11 bits per heavy atom. The van der Waals surface area contributed by atoms with Crippen molar-refractivity contribution in [3.8, 4) is 0 Å². The molecule has 27 heavy (non-hydrogen) atoms. The van der Waals surface area contributed by atoms with Crippen LogP contribution in [0.3, 0.4) is 0 Å². The third-order valence-corrected chi connectivity index (χ3v) is 6.19. The number of hydrogen-bond donors (Lipinski definition) is 1. The highest BCUT2D eigenvalue weighted by Gasteiger charge is 2.17. The molecule has 11 heteroatoms. The molecule has 2 heterocycles. The van der Waals surface area contributed by atoms with Gasteiger partial charge in [-0.05, 0) is 17.4 Å². The molecule has 0 bridgehead atoms. The predicted molar refractivity (Wildman–Crippen MR) is 107 cm³/mol. The van der Waals surface area contributed by atoms with Gasteiger partial charge in [0.05, 0.1) is 11.2 Å². The van der Waals surface area contributed by atoms with E-state index in [1.165, 1.54) is 47.1 Å². The van der Waals surface area contributed by atoms with Crippen LogP contribution in [-0.4, -0.2) is 31.8 Å². The van der Waals surface area contributed by atoms with Crippen molar-refractivity contribution in [2.75, 3.05) is 11.1 Å². The Morgan fingerprint density at radius 3 is 2.89 bits per heavy atom. The second kappa shape index (κ2) is 9.45. The van der Waals surface area contributed by atoms with Crippen LogP contribution >= 0.6 is 46.5 Å². The number of rotatable bonds is 7. The van der Waals surface area contributed by atoms with Crippen LogP contribution in [0.5, 0.6) is 0 Å². The van der Waals surface area contributed by atoms with Crippen LogP contribution in [0.4, 0.5) is 9.52 Å². The number of carbonyl (C=O) groups is 1. The molecule has 0 saturated heterocycles. The second-order valence-corrected chi connectivity index (χ2v) is 8.83. The summed E-state index contributed by atoms with van der Waals surface area (Å²) >= 11 is 9.98. The van der Waals surface area contributed by atoms with Gasteiger partial charge in [0.15, 0.2) is 15.2 Å². The lowest BCUT2D eigenvalue weighted by atomic mass is 10.2. The number of benzene rings is 1. The van der Waals surface area contributed by atoms with E-state index < -0.39 is 5.91 Å².